The zero-order valence-corrected chi connectivity index (χ0v) is 18.9. The lowest BCUT2D eigenvalue weighted by Gasteiger charge is -2.09. The van der Waals surface area contributed by atoms with E-state index >= 15 is 0 Å². The highest BCUT2D eigenvalue weighted by atomic mass is 32.2. The minimum absolute atomic E-state index is 0.0519. The topological polar surface area (TPSA) is 131 Å². The van der Waals surface area contributed by atoms with E-state index in [2.05, 4.69) is 15.4 Å². The average molecular weight is 482 g/mol. The average Bonchev–Trinajstić information content (AvgIpc) is 2.86. The third-order valence-corrected chi connectivity index (χ3v) is 5.97. The molecule has 176 valence electrons. The van der Waals surface area contributed by atoms with Crippen molar-refractivity contribution in [3.63, 3.8) is 0 Å². The van der Waals surface area contributed by atoms with Gasteiger partial charge in [0.2, 0.25) is 10.0 Å². The van der Waals surface area contributed by atoms with Crippen molar-refractivity contribution in [2.45, 2.75) is 18.0 Å². The molecular formula is C24H23N3O6S. The molecule has 3 aromatic rings. The number of rotatable bonds is 9. The highest BCUT2D eigenvalue weighted by molar-refractivity contribution is 7.89. The summed E-state index contributed by atoms with van der Waals surface area (Å²) in [5.74, 6) is -1.73. The molecule has 0 fully saturated rings. The molecule has 0 heterocycles. The number of hydrogen-bond donors (Lipinski definition) is 3. The van der Waals surface area contributed by atoms with Crippen molar-refractivity contribution in [1.29, 1.82) is 0 Å². The molecule has 9 nitrogen and oxygen atoms in total. The molecule has 0 aliphatic rings. The molecule has 3 rings (SSSR count). The van der Waals surface area contributed by atoms with E-state index in [-0.39, 0.29) is 23.5 Å². The lowest BCUT2D eigenvalue weighted by atomic mass is 10.2. The van der Waals surface area contributed by atoms with Gasteiger partial charge in [-0.1, -0.05) is 66.7 Å². The van der Waals surface area contributed by atoms with Gasteiger partial charge in [0.15, 0.2) is 6.61 Å². The van der Waals surface area contributed by atoms with Crippen molar-refractivity contribution in [3.8, 4) is 0 Å². The van der Waals surface area contributed by atoms with Crippen molar-refractivity contribution in [2.24, 2.45) is 0 Å². The van der Waals surface area contributed by atoms with E-state index in [1.54, 1.807) is 24.3 Å². The zero-order chi connectivity index (χ0) is 24.4. The van der Waals surface area contributed by atoms with Crippen LogP contribution >= 0.6 is 0 Å². The van der Waals surface area contributed by atoms with Crippen LogP contribution in [0.4, 0.5) is 4.79 Å². The second-order valence-electron chi connectivity index (χ2n) is 7.13. The molecule has 0 aliphatic heterocycles. The van der Waals surface area contributed by atoms with Gasteiger partial charge in [0.1, 0.15) is 0 Å². The highest BCUT2D eigenvalue weighted by Crippen LogP contribution is 2.13. The van der Waals surface area contributed by atoms with Crippen molar-refractivity contribution in [2.75, 3.05) is 6.61 Å². The summed E-state index contributed by atoms with van der Waals surface area (Å²) >= 11 is 0. The fourth-order valence-electron chi connectivity index (χ4n) is 2.85. The Morgan fingerprint density at radius 2 is 1.38 bits per heavy atom. The van der Waals surface area contributed by atoms with E-state index in [9.17, 15) is 22.8 Å². The molecule has 10 heteroatoms. The van der Waals surface area contributed by atoms with Crippen LogP contribution in [0.2, 0.25) is 0 Å². The maximum atomic E-state index is 12.6. The maximum Gasteiger partial charge on any atom is 0.338 e. The Labute approximate surface area is 197 Å². The number of esters is 1. The Hall–Kier alpha value is -4.02. The first-order valence-electron chi connectivity index (χ1n) is 10.3. The summed E-state index contributed by atoms with van der Waals surface area (Å²) in [6.45, 7) is -0.398. The molecule has 0 saturated carbocycles. The molecule has 3 N–H and O–H groups in total. The Balaban J connectivity index is 1.49. The Morgan fingerprint density at radius 3 is 2.03 bits per heavy atom. The van der Waals surface area contributed by atoms with Crippen molar-refractivity contribution in [3.05, 3.63) is 102 Å². The number of sulfonamides is 1. The van der Waals surface area contributed by atoms with Crippen LogP contribution in [-0.4, -0.2) is 32.9 Å². The summed E-state index contributed by atoms with van der Waals surface area (Å²) < 4.78 is 32.5. The highest BCUT2D eigenvalue weighted by Gasteiger charge is 2.18. The van der Waals surface area contributed by atoms with E-state index in [4.69, 9.17) is 4.74 Å². The monoisotopic (exact) mass is 481 g/mol. The molecule has 34 heavy (non-hydrogen) atoms. The van der Waals surface area contributed by atoms with Crippen LogP contribution in [0.25, 0.3) is 0 Å². The quantitative estimate of drug-likeness (QED) is 0.402. The molecule has 0 unspecified atom stereocenters. The van der Waals surface area contributed by atoms with Gasteiger partial charge in [-0.2, -0.15) is 0 Å². The first-order valence-corrected chi connectivity index (χ1v) is 11.7. The third-order valence-electron chi connectivity index (χ3n) is 4.57. The number of imide groups is 1. The molecule has 0 saturated heterocycles. The van der Waals surface area contributed by atoms with Crippen LogP contribution in [0.15, 0.2) is 89.8 Å². The predicted molar refractivity (Wildman–Crippen MR) is 124 cm³/mol. The Morgan fingerprint density at radius 1 is 0.765 bits per heavy atom. The van der Waals surface area contributed by atoms with Crippen LogP contribution in [0.5, 0.6) is 0 Å². The standard InChI is InChI=1S/C24H23N3O6S/c28-22(27-24(30)25-15-18-8-3-1-4-9-18)17-33-23(29)20-12-7-13-21(14-20)34(31,32)26-16-19-10-5-2-6-11-19/h1-14,26H,15-17H2,(H2,25,27,28,30). The Kier molecular flexibility index (Phi) is 8.49. The third kappa shape index (κ3) is 7.54. The normalized spacial score (nSPS) is 10.8. The summed E-state index contributed by atoms with van der Waals surface area (Å²) in [6, 6.07) is 22.6. The predicted octanol–water partition coefficient (Wildman–Crippen LogP) is 2.35. The van der Waals surface area contributed by atoms with Gasteiger partial charge in [0, 0.05) is 13.1 Å². The van der Waals surface area contributed by atoms with Gasteiger partial charge < -0.3 is 10.1 Å². The summed E-state index contributed by atoms with van der Waals surface area (Å²) in [7, 11) is -3.88. The lowest BCUT2D eigenvalue weighted by Crippen LogP contribution is -2.41. The van der Waals surface area contributed by atoms with E-state index in [1.807, 2.05) is 36.4 Å². The summed E-state index contributed by atoms with van der Waals surface area (Å²) in [4.78, 5) is 35.9. The van der Waals surface area contributed by atoms with Gasteiger partial charge in [0.05, 0.1) is 10.5 Å². The molecule has 0 spiro atoms. The molecular weight excluding hydrogens is 458 g/mol. The Bertz CT molecular complexity index is 1250. The minimum atomic E-state index is -3.88. The smallest absolute Gasteiger partial charge is 0.338 e. The first kappa shape index (κ1) is 24.6. The second-order valence-corrected chi connectivity index (χ2v) is 8.90. The SMILES string of the molecule is O=C(COC(=O)c1cccc(S(=O)(=O)NCc2ccccc2)c1)NC(=O)NCc1ccccc1. The first-order chi connectivity index (χ1) is 16.3. The van der Waals surface area contributed by atoms with Crippen molar-refractivity contribution < 1.29 is 27.5 Å². The maximum absolute atomic E-state index is 12.6. The van der Waals surface area contributed by atoms with Crippen LogP contribution < -0.4 is 15.4 Å². The number of urea groups is 1. The molecule has 0 aliphatic carbocycles. The van der Waals surface area contributed by atoms with Gasteiger partial charge in [-0.05, 0) is 29.3 Å². The molecule has 0 atom stereocenters. The van der Waals surface area contributed by atoms with Crippen molar-refractivity contribution >= 4 is 27.9 Å². The van der Waals surface area contributed by atoms with Gasteiger partial charge in [0.25, 0.3) is 5.91 Å². The van der Waals surface area contributed by atoms with Crippen LogP contribution in [0.3, 0.4) is 0 Å². The number of nitrogens with one attached hydrogen (secondary N) is 3. The van der Waals surface area contributed by atoms with Gasteiger partial charge in [-0.25, -0.2) is 22.7 Å². The number of carbonyl (C=O) groups is 3. The fraction of sp³-hybridized carbons (Fsp3) is 0.125. The lowest BCUT2D eigenvalue weighted by molar-refractivity contribution is -0.123. The van der Waals surface area contributed by atoms with Gasteiger partial charge in [-0.15, -0.1) is 0 Å². The summed E-state index contributed by atoms with van der Waals surface area (Å²) in [6.07, 6.45) is 0. The summed E-state index contributed by atoms with van der Waals surface area (Å²) in [5.41, 5.74) is 1.58. The van der Waals surface area contributed by atoms with E-state index in [1.165, 1.54) is 18.2 Å². The van der Waals surface area contributed by atoms with Crippen molar-refractivity contribution in [1.82, 2.24) is 15.4 Å². The minimum Gasteiger partial charge on any atom is -0.452 e. The molecule has 3 aromatic carbocycles. The molecule has 3 amide bonds. The van der Waals surface area contributed by atoms with E-state index in [0.717, 1.165) is 17.2 Å². The van der Waals surface area contributed by atoms with Crippen LogP contribution in [0, 0.1) is 0 Å². The number of carbonyl (C=O) groups excluding carboxylic acids is 3. The molecule has 0 aromatic heterocycles. The summed E-state index contributed by atoms with van der Waals surface area (Å²) in [5, 5.41) is 4.56. The fourth-order valence-corrected chi connectivity index (χ4v) is 3.91. The van der Waals surface area contributed by atoms with Gasteiger partial charge in [-0.3, -0.25) is 10.1 Å². The number of amides is 3. The number of hydrogen-bond acceptors (Lipinski definition) is 6. The molecule has 0 bridgehead atoms. The zero-order valence-electron chi connectivity index (χ0n) is 18.1. The number of benzene rings is 3. The van der Waals surface area contributed by atoms with Gasteiger partial charge >= 0.3 is 12.0 Å². The van der Waals surface area contributed by atoms with Crippen LogP contribution in [0.1, 0.15) is 21.5 Å². The molecule has 0 radical (unpaired) electrons. The largest absolute Gasteiger partial charge is 0.452 e. The van der Waals surface area contributed by atoms with Crippen LogP contribution in [-0.2, 0) is 32.6 Å². The van der Waals surface area contributed by atoms with E-state index < -0.39 is 34.5 Å². The number of ether oxygens (including phenoxy) is 1. The second kappa shape index (κ2) is 11.7. The van der Waals surface area contributed by atoms with E-state index in [0.29, 0.717) is 0 Å².